The first kappa shape index (κ1) is 22.9. The maximum absolute atomic E-state index is 12.8. The number of hydrogen-bond acceptors (Lipinski definition) is 4. The molecule has 1 atom stereocenters. The molecule has 1 heterocycles. The monoisotopic (exact) mass is 426 g/mol. The molecular formula is C25H34N2O2S. The number of nitrogens with one attached hydrogen (secondary N) is 1. The summed E-state index contributed by atoms with van der Waals surface area (Å²) in [4.78, 5) is 15.2. The van der Waals surface area contributed by atoms with Gasteiger partial charge in [0.2, 0.25) is 5.91 Å². The molecule has 2 aromatic rings. The van der Waals surface area contributed by atoms with Gasteiger partial charge in [-0.2, -0.15) is 0 Å². The summed E-state index contributed by atoms with van der Waals surface area (Å²) in [5.41, 5.74) is 3.65. The fourth-order valence-electron chi connectivity index (χ4n) is 3.72. The molecule has 1 fully saturated rings. The van der Waals surface area contributed by atoms with E-state index < -0.39 is 0 Å². The second-order valence-corrected chi connectivity index (χ2v) is 9.63. The van der Waals surface area contributed by atoms with Crippen LogP contribution in [0.4, 0.5) is 0 Å². The van der Waals surface area contributed by atoms with Crippen molar-refractivity contribution in [1.29, 1.82) is 0 Å². The zero-order chi connectivity index (χ0) is 21.3. The zero-order valence-corrected chi connectivity index (χ0v) is 18.9. The van der Waals surface area contributed by atoms with Gasteiger partial charge >= 0.3 is 0 Å². The average molecular weight is 427 g/mol. The van der Waals surface area contributed by atoms with Gasteiger partial charge in [-0.25, -0.2) is 0 Å². The van der Waals surface area contributed by atoms with E-state index in [9.17, 15) is 9.90 Å². The maximum atomic E-state index is 12.8. The number of likely N-dealkylation sites (tertiary alicyclic amines) is 1. The smallest absolute Gasteiger partial charge is 0.233 e. The first-order chi connectivity index (χ1) is 14.5. The van der Waals surface area contributed by atoms with E-state index in [2.05, 4.69) is 60.5 Å². The minimum atomic E-state index is -0.132. The fourth-order valence-corrected chi connectivity index (χ4v) is 4.90. The molecule has 3 rings (SSSR count). The van der Waals surface area contributed by atoms with Crippen LogP contribution in [0.25, 0.3) is 0 Å². The molecule has 0 radical (unpaired) electrons. The third-order valence-corrected chi connectivity index (χ3v) is 7.21. The van der Waals surface area contributed by atoms with Gasteiger partial charge in [0, 0.05) is 31.9 Å². The second-order valence-electron chi connectivity index (χ2n) is 8.50. The number of piperidine rings is 1. The Bertz CT molecular complexity index is 771. The third kappa shape index (κ3) is 7.15. The van der Waals surface area contributed by atoms with Gasteiger partial charge < -0.3 is 10.4 Å². The Morgan fingerprint density at radius 1 is 1.03 bits per heavy atom. The summed E-state index contributed by atoms with van der Waals surface area (Å²) in [5.74, 6) is 1.24. The van der Waals surface area contributed by atoms with Gasteiger partial charge in [0.1, 0.15) is 0 Å². The van der Waals surface area contributed by atoms with Crippen molar-refractivity contribution in [1.82, 2.24) is 10.2 Å². The van der Waals surface area contributed by atoms with Gasteiger partial charge in [0.25, 0.3) is 0 Å². The summed E-state index contributed by atoms with van der Waals surface area (Å²) in [7, 11) is 0. The summed E-state index contributed by atoms with van der Waals surface area (Å²) in [5, 5.41) is 12.7. The number of thioether (sulfide) groups is 1. The van der Waals surface area contributed by atoms with Crippen LogP contribution in [0.5, 0.6) is 0 Å². The number of benzene rings is 2. The van der Waals surface area contributed by atoms with Crippen molar-refractivity contribution in [3.05, 3.63) is 71.3 Å². The molecule has 1 saturated heterocycles. The fraction of sp³-hybridized carbons (Fsp3) is 0.480. The van der Waals surface area contributed by atoms with E-state index in [4.69, 9.17) is 0 Å². The lowest BCUT2D eigenvalue weighted by Crippen LogP contribution is -2.35. The Morgan fingerprint density at radius 2 is 1.67 bits per heavy atom. The van der Waals surface area contributed by atoms with Crippen LogP contribution in [0.3, 0.4) is 0 Å². The summed E-state index contributed by atoms with van der Waals surface area (Å²) in [6, 6.07) is 18.8. The number of carbonyl (C=O) groups excluding carboxylic acids is 1. The molecule has 0 aromatic heterocycles. The SMILES string of the molecule is CC(C)C(SCc1ccccc1)C(=O)NCc1ccc(CN2CCC(O)CC2)cc1. The lowest BCUT2D eigenvalue weighted by atomic mass is 10.1. The third-order valence-electron chi connectivity index (χ3n) is 5.59. The standard InChI is InChI=1S/C25H34N2O2S/c1-19(2)24(30-18-22-6-4-3-5-7-22)25(29)26-16-20-8-10-21(11-9-20)17-27-14-12-23(28)13-15-27/h3-11,19,23-24,28H,12-18H2,1-2H3,(H,26,29). The highest BCUT2D eigenvalue weighted by Gasteiger charge is 2.22. The van der Waals surface area contributed by atoms with Crippen molar-refractivity contribution in [2.45, 2.75) is 56.9 Å². The summed E-state index contributed by atoms with van der Waals surface area (Å²) in [6.07, 6.45) is 1.60. The Balaban J connectivity index is 1.46. The number of amides is 1. The van der Waals surface area contributed by atoms with Crippen molar-refractivity contribution in [3.63, 3.8) is 0 Å². The Kier molecular flexibility index (Phi) is 8.79. The largest absolute Gasteiger partial charge is 0.393 e. The van der Waals surface area contributed by atoms with Crippen molar-refractivity contribution < 1.29 is 9.90 Å². The van der Waals surface area contributed by atoms with E-state index in [1.807, 2.05) is 18.2 Å². The lowest BCUT2D eigenvalue weighted by Gasteiger charge is -2.29. The van der Waals surface area contributed by atoms with Gasteiger partial charge in [-0.1, -0.05) is 68.4 Å². The lowest BCUT2D eigenvalue weighted by molar-refractivity contribution is -0.121. The van der Waals surface area contributed by atoms with Gasteiger partial charge in [0.15, 0.2) is 0 Å². The normalized spacial score (nSPS) is 16.5. The van der Waals surface area contributed by atoms with Crippen LogP contribution >= 0.6 is 11.8 Å². The van der Waals surface area contributed by atoms with E-state index in [1.54, 1.807) is 11.8 Å². The molecule has 1 aliphatic rings. The quantitative estimate of drug-likeness (QED) is 0.630. The van der Waals surface area contributed by atoms with E-state index in [0.717, 1.165) is 43.8 Å². The molecule has 0 spiro atoms. The van der Waals surface area contributed by atoms with Crippen LogP contribution in [0, 0.1) is 5.92 Å². The van der Waals surface area contributed by atoms with Crippen molar-refractivity contribution in [2.24, 2.45) is 5.92 Å². The molecule has 0 bridgehead atoms. The van der Waals surface area contributed by atoms with Gasteiger partial charge in [-0.15, -0.1) is 11.8 Å². The molecule has 0 saturated carbocycles. The van der Waals surface area contributed by atoms with E-state index >= 15 is 0 Å². The first-order valence-corrected chi connectivity index (χ1v) is 12.0. The number of nitrogens with zero attached hydrogens (tertiary/aromatic N) is 1. The van der Waals surface area contributed by atoms with Gasteiger partial charge in [-0.3, -0.25) is 9.69 Å². The summed E-state index contributed by atoms with van der Waals surface area (Å²) >= 11 is 1.71. The molecule has 1 amide bonds. The highest BCUT2D eigenvalue weighted by Crippen LogP contribution is 2.24. The summed E-state index contributed by atoms with van der Waals surface area (Å²) < 4.78 is 0. The van der Waals surface area contributed by atoms with Crippen LogP contribution in [0.1, 0.15) is 43.4 Å². The predicted molar refractivity (Wildman–Crippen MR) is 125 cm³/mol. The van der Waals surface area contributed by atoms with Crippen LogP contribution in [0.15, 0.2) is 54.6 Å². The Labute approximate surface area is 185 Å². The average Bonchev–Trinajstić information content (AvgIpc) is 2.75. The van der Waals surface area contributed by atoms with Crippen LogP contribution in [-0.4, -0.2) is 40.4 Å². The Hall–Kier alpha value is -1.82. The molecule has 5 heteroatoms. The van der Waals surface area contributed by atoms with E-state index in [1.165, 1.54) is 11.1 Å². The summed E-state index contributed by atoms with van der Waals surface area (Å²) in [6.45, 7) is 7.61. The first-order valence-electron chi connectivity index (χ1n) is 10.9. The number of hydrogen-bond donors (Lipinski definition) is 2. The molecule has 4 nitrogen and oxygen atoms in total. The molecule has 162 valence electrons. The van der Waals surface area contributed by atoms with Gasteiger partial charge in [-0.05, 0) is 35.4 Å². The molecule has 1 aliphatic heterocycles. The van der Waals surface area contributed by atoms with Crippen molar-refractivity contribution in [2.75, 3.05) is 13.1 Å². The molecular weight excluding hydrogens is 392 g/mol. The number of rotatable bonds is 9. The predicted octanol–water partition coefficient (Wildman–Crippen LogP) is 4.22. The van der Waals surface area contributed by atoms with Crippen molar-refractivity contribution in [3.8, 4) is 0 Å². The minimum Gasteiger partial charge on any atom is -0.393 e. The van der Waals surface area contributed by atoms with Crippen LogP contribution in [-0.2, 0) is 23.6 Å². The number of carbonyl (C=O) groups is 1. The highest BCUT2D eigenvalue weighted by molar-refractivity contribution is 7.99. The van der Waals surface area contributed by atoms with E-state index in [0.29, 0.717) is 6.54 Å². The minimum absolute atomic E-state index is 0.0565. The Morgan fingerprint density at radius 3 is 2.30 bits per heavy atom. The van der Waals surface area contributed by atoms with Crippen molar-refractivity contribution >= 4 is 17.7 Å². The van der Waals surface area contributed by atoms with Crippen LogP contribution < -0.4 is 5.32 Å². The van der Waals surface area contributed by atoms with E-state index in [-0.39, 0.29) is 23.2 Å². The maximum Gasteiger partial charge on any atom is 0.233 e. The number of aliphatic hydroxyl groups excluding tert-OH is 1. The highest BCUT2D eigenvalue weighted by atomic mass is 32.2. The molecule has 2 N–H and O–H groups in total. The molecule has 0 aliphatic carbocycles. The molecule has 2 aromatic carbocycles. The topological polar surface area (TPSA) is 52.6 Å². The van der Waals surface area contributed by atoms with Crippen LogP contribution in [0.2, 0.25) is 0 Å². The molecule has 1 unspecified atom stereocenters. The zero-order valence-electron chi connectivity index (χ0n) is 18.1. The number of aliphatic hydroxyl groups is 1. The molecule has 30 heavy (non-hydrogen) atoms. The van der Waals surface area contributed by atoms with Gasteiger partial charge in [0.05, 0.1) is 11.4 Å². The second kappa shape index (κ2) is 11.5.